The van der Waals surface area contributed by atoms with Gasteiger partial charge in [0.1, 0.15) is 5.75 Å². The highest BCUT2D eigenvalue weighted by Gasteiger charge is 2.07. The number of hydrogen-bond acceptors (Lipinski definition) is 4. The van der Waals surface area contributed by atoms with Crippen molar-refractivity contribution in [1.29, 1.82) is 0 Å². The lowest BCUT2D eigenvalue weighted by atomic mass is 10.1. The Balaban J connectivity index is 1.95. The van der Waals surface area contributed by atoms with Crippen LogP contribution in [0.4, 0.5) is 5.69 Å². The fraction of sp³-hybridized carbons (Fsp3) is 0.353. The first-order chi connectivity index (χ1) is 10.2. The molecule has 0 amide bonds. The van der Waals surface area contributed by atoms with Gasteiger partial charge in [0.2, 0.25) is 0 Å². The second-order valence-corrected chi connectivity index (χ2v) is 5.14. The largest absolute Gasteiger partial charge is 0.494 e. The third-order valence-electron chi connectivity index (χ3n) is 3.36. The van der Waals surface area contributed by atoms with Crippen LogP contribution in [-0.4, -0.2) is 30.1 Å². The van der Waals surface area contributed by atoms with Crippen molar-refractivity contribution < 1.29 is 4.74 Å². The molecule has 0 aliphatic carbocycles. The van der Waals surface area contributed by atoms with Crippen molar-refractivity contribution in [3.63, 3.8) is 0 Å². The van der Waals surface area contributed by atoms with E-state index >= 15 is 0 Å². The summed E-state index contributed by atoms with van der Waals surface area (Å²) in [6.07, 6.45) is 4.67. The second kappa shape index (κ2) is 7.64. The highest BCUT2D eigenvalue weighted by Crippen LogP contribution is 2.22. The van der Waals surface area contributed by atoms with E-state index in [1.54, 1.807) is 0 Å². The number of likely N-dealkylation sites (N-methyl/N-ethyl adjacent to an activating group) is 1. The van der Waals surface area contributed by atoms with Crippen molar-refractivity contribution in [3.05, 3.63) is 53.9 Å². The van der Waals surface area contributed by atoms with E-state index in [9.17, 15) is 0 Å². The Hall–Kier alpha value is -2.07. The van der Waals surface area contributed by atoms with Crippen LogP contribution < -0.4 is 10.5 Å². The molecule has 4 heteroatoms. The van der Waals surface area contributed by atoms with Gasteiger partial charge in [-0.05, 0) is 56.3 Å². The fourth-order valence-electron chi connectivity index (χ4n) is 2.26. The van der Waals surface area contributed by atoms with Crippen LogP contribution in [-0.2, 0) is 13.0 Å². The molecular formula is C17H23N3O. The Labute approximate surface area is 126 Å². The molecule has 1 aromatic carbocycles. The van der Waals surface area contributed by atoms with Gasteiger partial charge in [-0.2, -0.15) is 0 Å². The van der Waals surface area contributed by atoms with Crippen LogP contribution >= 0.6 is 0 Å². The molecule has 2 N–H and O–H groups in total. The van der Waals surface area contributed by atoms with Crippen LogP contribution in [0.1, 0.15) is 18.1 Å². The Bertz CT molecular complexity index is 557. The van der Waals surface area contributed by atoms with Gasteiger partial charge in [0.05, 0.1) is 6.61 Å². The van der Waals surface area contributed by atoms with Gasteiger partial charge in [0.15, 0.2) is 0 Å². The van der Waals surface area contributed by atoms with Crippen molar-refractivity contribution in [3.8, 4) is 5.75 Å². The molecular weight excluding hydrogens is 262 g/mol. The Morgan fingerprint density at radius 2 is 1.95 bits per heavy atom. The van der Waals surface area contributed by atoms with Crippen LogP contribution in [0.2, 0.25) is 0 Å². The molecule has 2 aromatic rings. The van der Waals surface area contributed by atoms with Crippen LogP contribution in [0.15, 0.2) is 42.7 Å². The summed E-state index contributed by atoms with van der Waals surface area (Å²) in [5, 5.41) is 0. The minimum absolute atomic E-state index is 0.664. The molecule has 1 aromatic heterocycles. The average molecular weight is 285 g/mol. The van der Waals surface area contributed by atoms with Crippen LogP contribution in [0.3, 0.4) is 0 Å². The molecule has 0 bridgehead atoms. The molecule has 0 radical (unpaired) electrons. The fourth-order valence-corrected chi connectivity index (χ4v) is 2.26. The molecule has 0 unspecified atom stereocenters. The van der Waals surface area contributed by atoms with E-state index in [2.05, 4.69) is 29.1 Å². The zero-order valence-corrected chi connectivity index (χ0v) is 12.7. The molecule has 1 heterocycles. The highest BCUT2D eigenvalue weighted by molar-refractivity contribution is 5.47. The van der Waals surface area contributed by atoms with E-state index in [0.717, 1.165) is 36.5 Å². The Morgan fingerprint density at radius 1 is 1.19 bits per heavy atom. The quantitative estimate of drug-likeness (QED) is 0.795. The number of rotatable bonds is 7. The molecule has 0 spiro atoms. The zero-order chi connectivity index (χ0) is 15.1. The minimum Gasteiger partial charge on any atom is -0.494 e. The van der Waals surface area contributed by atoms with Crippen molar-refractivity contribution in [2.45, 2.75) is 19.9 Å². The average Bonchev–Trinajstić information content (AvgIpc) is 2.49. The van der Waals surface area contributed by atoms with Gasteiger partial charge in [-0.3, -0.25) is 4.98 Å². The lowest BCUT2D eigenvalue weighted by Crippen LogP contribution is -2.21. The van der Waals surface area contributed by atoms with Gasteiger partial charge < -0.3 is 15.4 Å². The summed E-state index contributed by atoms with van der Waals surface area (Å²) in [4.78, 5) is 6.31. The smallest absolute Gasteiger partial charge is 0.123 e. The number of pyridine rings is 1. The SMILES string of the molecule is CCOc1ccc(N)cc1CN(C)CCc1ccncc1. The topological polar surface area (TPSA) is 51.4 Å². The van der Waals surface area contributed by atoms with Gasteiger partial charge in [-0.25, -0.2) is 0 Å². The number of nitrogens with two attached hydrogens (primary N) is 1. The number of aromatic nitrogens is 1. The summed E-state index contributed by atoms with van der Waals surface area (Å²) >= 11 is 0. The summed E-state index contributed by atoms with van der Waals surface area (Å²) in [6.45, 7) is 4.46. The molecule has 0 aliphatic rings. The van der Waals surface area contributed by atoms with Gasteiger partial charge >= 0.3 is 0 Å². The lowest BCUT2D eigenvalue weighted by Gasteiger charge is -2.19. The van der Waals surface area contributed by atoms with E-state index in [-0.39, 0.29) is 0 Å². The van der Waals surface area contributed by atoms with E-state index in [4.69, 9.17) is 10.5 Å². The maximum atomic E-state index is 5.88. The van der Waals surface area contributed by atoms with E-state index in [0.29, 0.717) is 6.61 Å². The molecule has 4 nitrogen and oxygen atoms in total. The number of ether oxygens (including phenoxy) is 1. The number of nitrogen functional groups attached to an aromatic ring is 1. The minimum atomic E-state index is 0.664. The maximum Gasteiger partial charge on any atom is 0.123 e. The second-order valence-electron chi connectivity index (χ2n) is 5.14. The zero-order valence-electron chi connectivity index (χ0n) is 12.7. The molecule has 0 fully saturated rings. The molecule has 0 atom stereocenters. The monoisotopic (exact) mass is 285 g/mol. The number of benzene rings is 1. The molecule has 21 heavy (non-hydrogen) atoms. The summed E-state index contributed by atoms with van der Waals surface area (Å²) < 4.78 is 5.67. The predicted molar refractivity (Wildman–Crippen MR) is 86.3 cm³/mol. The van der Waals surface area contributed by atoms with Gasteiger partial charge in [0, 0.05) is 36.7 Å². The number of hydrogen-bond donors (Lipinski definition) is 1. The molecule has 112 valence electrons. The van der Waals surface area contributed by atoms with Gasteiger partial charge in [0.25, 0.3) is 0 Å². The van der Waals surface area contributed by atoms with Crippen LogP contribution in [0.5, 0.6) is 5.75 Å². The van der Waals surface area contributed by atoms with Crippen molar-refractivity contribution in [1.82, 2.24) is 9.88 Å². The third kappa shape index (κ3) is 4.76. The first-order valence-electron chi connectivity index (χ1n) is 7.27. The lowest BCUT2D eigenvalue weighted by molar-refractivity contribution is 0.305. The van der Waals surface area contributed by atoms with Crippen LogP contribution in [0.25, 0.3) is 0 Å². The summed E-state index contributed by atoms with van der Waals surface area (Å²) in [5.74, 6) is 0.919. The third-order valence-corrected chi connectivity index (χ3v) is 3.36. The number of anilines is 1. The van der Waals surface area contributed by atoms with Crippen molar-refractivity contribution in [2.75, 3.05) is 25.9 Å². The van der Waals surface area contributed by atoms with Gasteiger partial charge in [-0.15, -0.1) is 0 Å². The van der Waals surface area contributed by atoms with Gasteiger partial charge in [-0.1, -0.05) is 0 Å². The molecule has 0 saturated carbocycles. The number of nitrogens with zero attached hydrogens (tertiary/aromatic N) is 2. The van der Waals surface area contributed by atoms with Crippen molar-refractivity contribution in [2.24, 2.45) is 0 Å². The molecule has 0 saturated heterocycles. The first-order valence-corrected chi connectivity index (χ1v) is 7.27. The Morgan fingerprint density at radius 3 is 2.67 bits per heavy atom. The summed E-state index contributed by atoms with van der Waals surface area (Å²) in [7, 11) is 2.11. The maximum absolute atomic E-state index is 5.88. The first kappa shape index (κ1) is 15.3. The molecule has 2 rings (SSSR count). The standard InChI is InChI=1S/C17H23N3O/c1-3-21-17-5-4-16(18)12-15(17)13-20(2)11-8-14-6-9-19-10-7-14/h4-7,9-10,12H,3,8,11,13,18H2,1-2H3. The normalized spacial score (nSPS) is 10.8. The summed E-state index contributed by atoms with van der Waals surface area (Å²) in [6, 6.07) is 9.93. The predicted octanol–water partition coefficient (Wildman–Crippen LogP) is 2.74. The molecule has 0 aliphatic heterocycles. The van der Waals surface area contributed by atoms with Crippen LogP contribution in [0, 0.1) is 0 Å². The summed E-state index contributed by atoms with van der Waals surface area (Å²) in [5.41, 5.74) is 9.09. The van der Waals surface area contributed by atoms with E-state index in [1.165, 1.54) is 5.56 Å². The highest BCUT2D eigenvalue weighted by atomic mass is 16.5. The van der Waals surface area contributed by atoms with Crippen molar-refractivity contribution >= 4 is 5.69 Å². The van der Waals surface area contributed by atoms with E-state index < -0.39 is 0 Å². The van der Waals surface area contributed by atoms with E-state index in [1.807, 2.05) is 37.5 Å². The Kier molecular flexibility index (Phi) is 5.58.